The average molecular weight is 358 g/mol. The van der Waals surface area contributed by atoms with Crippen molar-refractivity contribution in [3.63, 3.8) is 0 Å². The number of hydrogen-bond donors (Lipinski definition) is 3. The molecule has 0 atom stereocenters. The van der Waals surface area contributed by atoms with Crippen LogP contribution in [-0.4, -0.2) is 11.9 Å². The summed E-state index contributed by atoms with van der Waals surface area (Å²) in [6.45, 7) is 0. The normalized spacial score (nSPS) is 11.0. The van der Waals surface area contributed by atoms with Crippen molar-refractivity contribution in [2.45, 2.75) is 6.18 Å². The Hall–Kier alpha value is -2.74. The fourth-order valence-electron chi connectivity index (χ4n) is 1.91. The zero-order valence-electron chi connectivity index (χ0n) is 11.9. The van der Waals surface area contributed by atoms with Crippen LogP contribution in [0.2, 0.25) is 5.02 Å². The summed E-state index contributed by atoms with van der Waals surface area (Å²) in [5.74, 6) is -0.753. The SMILES string of the molecule is NC(=O)c1ccccc1NC(=O)Nc1ccc(Cl)c(C(F)(F)F)c1. The molecule has 126 valence electrons. The Morgan fingerprint density at radius 2 is 1.71 bits per heavy atom. The first-order chi connectivity index (χ1) is 11.2. The lowest BCUT2D eigenvalue weighted by molar-refractivity contribution is -0.137. The van der Waals surface area contributed by atoms with Crippen LogP contribution in [0.25, 0.3) is 0 Å². The number of urea groups is 1. The predicted molar refractivity (Wildman–Crippen MR) is 84.1 cm³/mol. The molecule has 3 amide bonds. The second kappa shape index (κ2) is 6.79. The monoisotopic (exact) mass is 357 g/mol. The number of carbonyl (C=O) groups is 2. The molecule has 5 nitrogen and oxygen atoms in total. The number of hydrogen-bond acceptors (Lipinski definition) is 2. The molecule has 0 spiro atoms. The number of para-hydroxylation sites is 1. The van der Waals surface area contributed by atoms with Gasteiger partial charge in [-0.3, -0.25) is 4.79 Å². The summed E-state index contributed by atoms with van der Waals surface area (Å²) in [5.41, 5.74) is 4.20. The molecule has 0 heterocycles. The molecule has 0 aromatic heterocycles. The van der Waals surface area contributed by atoms with Gasteiger partial charge in [0, 0.05) is 5.69 Å². The number of primary amides is 1. The lowest BCUT2D eigenvalue weighted by Crippen LogP contribution is -2.22. The van der Waals surface area contributed by atoms with E-state index in [2.05, 4.69) is 10.6 Å². The van der Waals surface area contributed by atoms with E-state index < -0.39 is 28.7 Å². The molecular weight excluding hydrogens is 347 g/mol. The average Bonchev–Trinajstić information content (AvgIpc) is 2.48. The van der Waals surface area contributed by atoms with Crippen LogP contribution in [0, 0.1) is 0 Å². The fraction of sp³-hybridized carbons (Fsp3) is 0.0667. The Morgan fingerprint density at radius 3 is 2.33 bits per heavy atom. The van der Waals surface area contributed by atoms with Crippen molar-refractivity contribution >= 4 is 34.9 Å². The van der Waals surface area contributed by atoms with Gasteiger partial charge in [-0.25, -0.2) is 4.79 Å². The molecule has 24 heavy (non-hydrogen) atoms. The third-order valence-electron chi connectivity index (χ3n) is 2.97. The third-order valence-corrected chi connectivity index (χ3v) is 3.30. The highest BCUT2D eigenvalue weighted by atomic mass is 35.5. The molecule has 4 N–H and O–H groups in total. The van der Waals surface area contributed by atoms with E-state index in [9.17, 15) is 22.8 Å². The van der Waals surface area contributed by atoms with Crippen molar-refractivity contribution in [1.29, 1.82) is 0 Å². The molecule has 0 aliphatic rings. The maximum atomic E-state index is 12.8. The molecule has 0 unspecified atom stereocenters. The van der Waals surface area contributed by atoms with E-state index in [1.165, 1.54) is 18.2 Å². The summed E-state index contributed by atoms with van der Waals surface area (Å²) in [7, 11) is 0. The maximum Gasteiger partial charge on any atom is 0.417 e. The topological polar surface area (TPSA) is 84.2 Å². The number of rotatable bonds is 3. The lowest BCUT2D eigenvalue weighted by Gasteiger charge is -2.13. The van der Waals surface area contributed by atoms with Gasteiger partial charge < -0.3 is 16.4 Å². The minimum Gasteiger partial charge on any atom is -0.366 e. The fourth-order valence-corrected chi connectivity index (χ4v) is 2.14. The standard InChI is InChI=1S/C15H11ClF3N3O2/c16-11-6-5-8(7-10(11)15(17,18)19)21-14(24)22-12-4-2-1-3-9(12)13(20)23/h1-7H,(H2,20,23)(H2,21,22,24). The van der Waals surface area contributed by atoms with Crippen molar-refractivity contribution in [3.8, 4) is 0 Å². The first-order valence-corrected chi connectivity index (χ1v) is 6.90. The van der Waals surface area contributed by atoms with Gasteiger partial charge in [-0.15, -0.1) is 0 Å². The van der Waals surface area contributed by atoms with Crippen molar-refractivity contribution in [1.82, 2.24) is 0 Å². The molecule has 0 radical (unpaired) electrons. The summed E-state index contributed by atoms with van der Waals surface area (Å²) >= 11 is 5.50. The number of benzene rings is 2. The smallest absolute Gasteiger partial charge is 0.366 e. The van der Waals surface area contributed by atoms with Gasteiger partial charge in [0.25, 0.3) is 5.91 Å². The van der Waals surface area contributed by atoms with E-state index in [1.807, 2.05) is 0 Å². The van der Waals surface area contributed by atoms with Gasteiger partial charge in [-0.05, 0) is 30.3 Å². The van der Waals surface area contributed by atoms with E-state index in [4.69, 9.17) is 17.3 Å². The highest BCUT2D eigenvalue weighted by molar-refractivity contribution is 6.31. The number of halogens is 4. The molecule has 2 aromatic rings. The van der Waals surface area contributed by atoms with Crippen molar-refractivity contribution in [3.05, 3.63) is 58.6 Å². The van der Waals surface area contributed by atoms with Crippen LogP contribution in [-0.2, 0) is 6.18 Å². The van der Waals surface area contributed by atoms with Gasteiger partial charge in [0.1, 0.15) is 0 Å². The Balaban J connectivity index is 2.18. The second-order valence-corrected chi connectivity index (χ2v) is 5.09. The largest absolute Gasteiger partial charge is 0.417 e. The van der Waals surface area contributed by atoms with E-state index >= 15 is 0 Å². The molecule has 2 rings (SSSR count). The van der Waals surface area contributed by atoms with Crippen LogP contribution in [0.4, 0.5) is 29.3 Å². The summed E-state index contributed by atoms with van der Waals surface area (Å²) in [6.07, 6.45) is -4.65. The van der Waals surface area contributed by atoms with Gasteiger partial charge >= 0.3 is 12.2 Å². The number of alkyl halides is 3. The van der Waals surface area contributed by atoms with Gasteiger partial charge in [-0.1, -0.05) is 23.7 Å². The van der Waals surface area contributed by atoms with E-state index in [-0.39, 0.29) is 16.9 Å². The lowest BCUT2D eigenvalue weighted by atomic mass is 10.1. The quantitative estimate of drug-likeness (QED) is 0.772. The summed E-state index contributed by atoms with van der Waals surface area (Å²) < 4.78 is 38.4. The first-order valence-electron chi connectivity index (χ1n) is 6.52. The Labute approximate surface area is 139 Å². The van der Waals surface area contributed by atoms with Crippen molar-refractivity contribution in [2.24, 2.45) is 5.73 Å². The molecule has 2 aromatic carbocycles. The van der Waals surface area contributed by atoms with Crippen LogP contribution >= 0.6 is 11.6 Å². The van der Waals surface area contributed by atoms with Gasteiger partial charge in [-0.2, -0.15) is 13.2 Å². The zero-order chi connectivity index (χ0) is 17.9. The van der Waals surface area contributed by atoms with Crippen LogP contribution in [0.15, 0.2) is 42.5 Å². The second-order valence-electron chi connectivity index (χ2n) is 4.68. The minimum absolute atomic E-state index is 0.0692. The van der Waals surface area contributed by atoms with E-state index in [0.717, 1.165) is 6.07 Å². The number of carbonyl (C=O) groups excluding carboxylic acids is 2. The molecule has 0 aliphatic carbocycles. The van der Waals surface area contributed by atoms with Crippen molar-refractivity contribution in [2.75, 3.05) is 10.6 Å². The molecule has 0 fully saturated rings. The van der Waals surface area contributed by atoms with E-state index in [1.54, 1.807) is 12.1 Å². The number of amides is 3. The number of anilines is 2. The van der Waals surface area contributed by atoms with Crippen molar-refractivity contribution < 1.29 is 22.8 Å². The number of nitrogens with one attached hydrogen (secondary N) is 2. The summed E-state index contributed by atoms with van der Waals surface area (Å²) in [5, 5.41) is 4.10. The van der Waals surface area contributed by atoms with Gasteiger partial charge in [0.2, 0.25) is 0 Å². The molecule has 0 bridgehead atoms. The zero-order valence-corrected chi connectivity index (χ0v) is 12.7. The molecule has 0 aliphatic heterocycles. The van der Waals surface area contributed by atoms with Crippen LogP contribution < -0.4 is 16.4 Å². The third kappa shape index (κ3) is 4.17. The predicted octanol–water partition coefficient (Wildman–Crippen LogP) is 4.10. The molecule has 0 saturated heterocycles. The Kier molecular flexibility index (Phi) is 4.99. The van der Waals surface area contributed by atoms with Gasteiger partial charge in [0.05, 0.1) is 21.8 Å². The molecule has 9 heteroatoms. The highest BCUT2D eigenvalue weighted by Crippen LogP contribution is 2.36. The number of nitrogens with two attached hydrogens (primary N) is 1. The van der Waals surface area contributed by atoms with Crippen LogP contribution in [0.3, 0.4) is 0 Å². The Morgan fingerprint density at radius 1 is 1.04 bits per heavy atom. The van der Waals surface area contributed by atoms with Crippen LogP contribution in [0.5, 0.6) is 0 Å². The molecule has 0 saturated carbocycles. The minimum atomic E-state index is -4.65. The maximum absolute atomic E-state index is 12.8. The van der Waals surface area contributed by atoms with Gasteiger partial charge in [0.15, 0.2) is 0 Å². The summed E-state index contributed by atoms with van der Waals surface area (Å²) in [4.78, 5) is 23.2. The highest BCUT2D eigenvalue weighted by Gasteiger charge is 2.33. The van der Waals surface area contributed by atoms with Crippen LogP contribution in [0.1, 0.15) is 15.9 Å². The molecular formula is C15H11ClF3N3O2. The summed E-state index contributed by atoms with van der Waals surface area (Å²) in [6, 6.07) is 8.07. The first kappa shape index (κ1) is 17.6. The van der Waals surface area contributed by atoms with E-state index in [0.29, 0.717) is 6.07 Å². The Bertz CT molecular complexity index is 794.